The molecule has 17 heavy (non-hydrogen) atoms. The Kier molecular flexibility index (Phi) is 3.20. The zero-order valence-electron chi connectivity index (χ0n) is 11.6. The van der Waals surface area contributed by atoms with Crippen molar-refractivity contribution in [2.24, 2.45) is 11.3 Å². The summed E-state index contributed by atoms with van der Waals surface area (Å²) in [6.45, 7) is 11.4. The Morgan fingerprint density at radius 3 is 2.29 bits per heavy atom. The average Bonchev–Trinajstić information content (AvgIpc) is 3.05. The molecule has 0 radical (unpaired) electrons. The number of piperidine rings is 2. The van der Waals surface area contributed by atoms with Crippen LogP contribution in [0.4, 0.5) is 0 Å². The number of hydrogen-bond acceptors (Lipinski definition) is 2. The van der Waals surface area contributed by atoms with Gasteiger partial charge in [0.1, 0.15) is 0 Å². The van der Waals surface area contributed by atoms with Gasteiger partial charge in [0.15, 0.2) is 0 Å². The molecule has 2 saturated heterocycles. The third-order valence-corrected chi connectivity index (χ3v) is 5.70. The van der Waals surface area contributed by atoms with Crippen molar-refractivity contribution in [1.29, 1.82) is 0 Å². The van der Waals surface area contributed by atoms with Crippen molar-refractivity contribution < 1.29 is 0 Å². The van der Waals surface area contributed by atoms with E-state index < -0.39 is 0 Å². The maximum absolute atomic E-state index is 2.82. The van der Waals surface area contributed by atoms with Crippen LogP contribution in [0, 0.1) is 11.3 Å². The van der Waals surface area contributed by atoms with Gasteiger partial charge in [0.05, 0.1) is 0 Å². The molecule has 98 valence electrons. The fraction of sp³-hybridized carbons (Fsp3) is 1.00. The molecule has 1 saturated carbocycles. The summed E-state index contributed by atoms with van der Waals surface area (Å²) in [6.07, 6.45) is 7.33. The quantitative estimate of drug-likeness (QED) is 0.727. The van der Waals surface area contributed by atoms with Crippen LogP contribution >= 0.6 is 0 Å². The minimum atomic E-state index is 0.756. The van der Waals surface area contributed by atoms with Crippen molar-refractivity contribution in [3.63, 3.8) is 0 Å². The van der Waals surface area contributed by atoms with Crippen LogP contribution in [0.1, 0.15) is 46.0 Å². The first-order valence-electron chi connectivity index (χ1n) is 7.70. The summed E-state index contributed by atoms with van der Waals surface area (Å²) >= 11 is 0. The summed E-state index contributed by atoms with van der Waals surface area (Å²) in [7, 11) is 0. The lowest BCUT2D eigenvalue weighted by molar-refractivity contribution is 0.120. The van der Waals surface area contributed by atoms with Crippen LogP contribution in [0.3, 0.4) is 0 Å². The standard InChI is InChI=1S/C15H28N2/c1-3-16-10-6-15(7-11-16)12-14(15)17-8-4-13(2)5-9-17/h13-14H,3-12H2,1-2H3. The smallest absolute Gasteiger partial charge is 0.0159 e. The fourth-order valence-corrected chi connectivity index (χ4v) is 4.03. The lowest BCUT2D eigenvalue weighted by Crippen LogP contribution is -2.41. The van der Waals surface area contributed by atoms with Gasteiger partial charge in [-0.05, 0) is 76.2 Å². The van der Waals surface area contributed by atoms with E-state index in [0.29, 0.717) is 0 Å². The summed E-state index contributed by atoms with van der Waals surface area (Å²) in [5, 5.41) is 0. The molecule has 0 aromatic heterocycles. The molecular weight excluding hydrogens is 208 g/mol. The van der Waals surface area contributed by atoms with Gasteiger partial charge in [-0.3, -0.25) is 4.90 Å². The molecule has 3 aliphatic rings. The van der Waals surface area contributed by atoms with Gasteiger partial charge >= 0.3 is 0 Å². The van der Waals surface area contributed by atoms with E-state index in [1.807, 2.05) is 0 Å². The molecule has 2 nitrogen and oxygen atoms in total. The van der Waals surface area contributed by atoms with Crippen molar-refractivity contribution >= 4 is 0 Å². The summed E-state index contributed by atoms with van der Waals surface area (Å²) in [4.78, 5) is 5.44. The van der Waals surface area contributed by atoms with Gasteiger partial charge in [0, 0.05) is 6.04 Å². The first-order chi connectivity index (χ1) is 8.23. The third kappa shape index (κ3) is 2.26. The molecule has 0 N–H and O–H groups in total. The number of nitrogens with zero attached hydrogens (tertiary/aromatic N) is 2. The SMILES string of the molecule is CCN1CCC2(CC1)CC2N1CCC(C)CC1. The summed E-state index contributed by atoms with van der Waals surface area (Å²) in [6, 6.07) is 0.967. The molecule has 1 unspecified atom stereocenters. The Bertz CT molecular complexity index is 260. The summed E-state index contributed by atoms with van der Waals surface area (Å²) in [5.41, 5.74) is 0.756. The van der Waals surface area contributed by atoms with E-state index in [1.54, 1.807) is 0 Å². The summed E-state index contributed by atoms with van der Waals surface area (Å²) in [5.74, 6) is 0.975. The second-order valence-corrected chi connectivity index (χ2v) is 6.74. The second kappa shape index (κ2) is 4.55. The van der Waals surface area contributed by atoms with E-state index in [2.05, 4.69) is 23.6 Å². The number of hydrogen-bond donors (Lipinski definition) is 0. The van der Waals surface area contributed by atoms with E-state index in [-0.39, 0.29) is 0 Å². The normalized spacial score (nSPS) is 35.3. The predicted octanol–water partition coefficient (Wildman–Crippen LogP) is 2.59. The Morgan fingerprint density at radius 1 is 1.06 bits per heavy atom. The lowest BCUT2D eigenvalue weighted by Gasteiger charge is -2.36. The van der Waals surface area contributed by atoms with Crippen LogP contribution in [0.15, 0.2) is 0 Å². The van der Waals surface area contributed by atoms with Crippen molar-refractivity contribution in [2.75, 3.05) is 32.7 Å². The largest absolute Gasteiger partial charge is 0.304 e. The van der Waals surface area contributed by atoms with Crippen molar-refractivity contribution in [3.8, 4) is 0 Å². The Balaban J connectivity index is 1.52. The van der Waals surface area contributed by atoms with Gasteiger partial charge < -0.3 is 4.90 Å². The highest BCUT2D eigenvalue weighted by Gasteiger charge is 2.57. The zero-order chi connectivity index (χ0) is 11.9. The van der Waals surface area contributed by atoms with Gasteiger partial charge in [-0.2, -0.15) is 0 Å². The predicted molar refractivity (Wildman–Crippen MR) is 72.2 cm³/mol. The van der Waals surface area contributed by atoms with Crippen molar-refractivity contribution in [1.82, 2.24) is 9.80 Å². The fourth-order valence-electron chi connectivity index (χ4n) is 4.03. The average molecular weight is 236 g/mol. The van der Waals surface area contributed by atoms with E-state index in [4.69, 9.17) is 0 Å². The number of rotatable bonds is 2. The van der Waals surface area contributed by atoms with Gasteiger partial charge in [0.25, 0.3) is 0 Å². The van der Waals surface area contributed by atoms with Crippen LogP contribution in [0.5, 0.6) is 0 Å². The molecule has 2 aliphatic heterocycles. The second-order valence-electron chi connectivity index (χ2n) is 6.74. The highest BCUT2D eigenvalue weighted by Crippen LogP contribution is 2.57. The van der Waals surface area contributed by atoms with Crippen molar-refractivity contribution in [2.45, 2.75) is 52.0 Å². The minimum Gasteiger partial charge on any atom is -0.304 e. The third-order valence-electron chi connectivity index (χ3n) is 5.70. The van der Waals surface area contributed by atoms with E-state index in [1.165, 1.54) is 64.8 Å². The lowest BCUT2D eigenvalue weighted by atomic mass is 9.91. The molecule has 3 fully saturated rings. The molecule has 1 atom stereocenters. The molecule has 2 heterocycles. The first kappa shape index (κ1) is 12.0. The monoisotopic (exact) mass is 236 g/mol. The number of likely N-dealkylation sites (tertiary alicyclic amines) is 2. The molecule has 0 bridgehead atoms. The molecular formula is C15H28N2. The van der Waals surface area contributed by atoms with E-state index in [9.17, 15) is 0 Å². The maximum Gasteiger partial charge on any atom is 0.0159 e. The van der Waals surface area contributed by atoms with E-state index in [0.717, 1.165) is 17.4 Å². The topological polar surface area (TPSA) is 6.48 Å². The molecule has 0 aromatic carbocycles. The Hall–Kier alpha value is -0.0800. The Morgan fingerprint density at radius 2 is 1.71 bits per heavy atom. The molecule has 2 heteroatoms. The van der Waals surface area contributed by atoms with Gasteiger partial charge in [-0.1, -0.05) is 13.8 Å². The Labute approximate surface area is 106 Å². The van der Waals surface area contributed by atoms with Gasteiger partial charge in [-0.25, -0.2) is 0 Å². The molecule has 1 aliphatic carbocycles. The van der Waals surface area contributed by atoms with Gasteiger partial charge in [0.2, 0.25) is 0 Å². The molecule has 0 aromatic rings. The van der Waals surface area contributed by atoms with Crippen LogP contribution in [-0.2, 0) is 0 Å². The molecule has 1 spiro atoms. The zero-order valence-corrected chi connectivity index (χ0v) is 11.6. The van der Waals surface area contributed by atoms with Crippen molar-refractivity contribution in [3.05, 3.63) is 0 Å². The van der Waals surface area contributed by atoms with Crippen LogP contribution in [0.2, 0.25) is 0 Å². The maximum atomic E-state index is 2.82. The van der Waals surface area contributed by atoms with Crippen LogP contribution < -0.4 is 0 Å². The molecule has 0 amide bonds. The van der Waals surface area contributed by atoms with E-state index >= 15 is 0 Å². The highest BCUT2D eigenvalue weighted by molar-refractivity contribution is 5.11. The van der Waals surface area contributed by atoms with Crippen LogP contribution in [-0.4, -0.2) is 48.6 Å². The summed E-state index contributed by atoms with van der Waals surface area (Å²) < 4.78 is 0. The van der Waals surface area contributed by atoms with Crippen LogP contribution in [0.25, 0.3) is 0 Å². The van der Waals surface area contributed by atoms with Gasteiger partial charge in [-0.15, -0.1) is 0 Å². The minimum absolute atomic E-state index is 0.756. The molecule has 3 rings (SSSR count). The highest BCUT2D eigenvalue weighted by atomic mass is 15.2. The first-order valence-corrected chi connectivity index (χ1v) is 7.70.